The smallest absolute Gasteiger partial charge is 0.255 e. The highest BCUT2D eigenvalue weighted by atomic mass is 79.9. The van der Waals surface area contributed by atoms with Gasteiger partial charge in [-0.15, -0.1) is 0 Å². The molecule has 0 bridgehead atoms. The van der Waals surface area contributed by atoms with E-state index in [0.717, 1.165) is 36.4 Å². The van der Waals surface area contributed by atoms with Crippen molar-refractivity contribution in [2.24, 2.45) is 0 Å². The maximum Gasteiger partial charge on any atom is 0.255 e. The van der Waals surface area contributed by atoms with Gasteiger partial charge in [0.1, 0.15) is 5.75 Å². The monoisotopic (exact) mass is 368 g/mol. The lowest BCUT2D eigenvalue weighted by molar-refractivity contribution is 0.0594. The SMILES string of the molecule is CC(C)Oc1ccc(Br)c(C(=O)N2CCN(C(C)C)CC2)c1. The maximum atomic E-state index is 12.8. The Labute approximate surface area is 141 Å². The van der Waals surface area contributed by atoms with E-state index in [4.69, 9.17) is 4.74 Å². The summed E-state index contributed by atoms with van der Waals surface area (Å²) < 4.78 is 6.52. The van der Waals surface area contributed by atoms with Gasteiger partial charge in [0.2, 0.25) is 0 Å². The summed E-state index contributed by atoms with van der Waals surface area (Å²) in [4.78, 5) is 17.1. The lowest BCUT2D eigenvalue weighted by Crippen LogP contribution is -2.50. The third-order valence-corrected chi connectivity index (χ3v) is 4.56. The molecule has 0 saturated carbocycles. The van der Waals surface area contributed by atoms with Gasteiger partial charge in [-0.25, -0.2) is 0 Å². The summed E-state index contributed by atoms with van der Waals surface area (Å²) in [6.45, 7) is 11.8. The Balaban J connectivity index is 2.09. The fraction of sp³-hybridized carbons (Fsp3) is 0.588. The van der Waals surface area contributed by atoms with Crippen LogP contribution in [0.5, 0.6) is 5.75 Å². The van der Waals surface area contributed by atoms with Gasteiger partial charge in [-0.1, -0.05) is 0 Å². The second-order valence-electron chi connectivity index (χ2n) is 6.23. The number of ether oxygens (including phenoxy) is 1. The predicted octanol–water partition coefficient (Wildman–Crippen LogP) is 3.40. The molecule has 0 N–H and O–H groups in total. The Morgan fingerprint density at radius 1 is 1.14 bits per heavy atom. The number of nitrogens with zero attached hydrogens (tertiary/aromatic N) is 2. The zero-order valence-electron chi connectivity index (χ0n) is 13.8. The van der Waals surface area contributed by atoms with Crippen LogP contribution >= 0.6 is 15.9 Å². The summed E-state index contributed by atoms with van der Waals surface area (Å²) in [5.74, 6) is 0.812. The van der Waals surface area contributed by atoms with Crippen LogP contribution < -0.4 is 4.74 Å². The molecule has 1 aromatic rings. The fourth-order valence-corrected chi connectivity index (χ4v) is 3.04. The molecule has 2 rings (SSSR count). The third-order valence-electron chi connectivity index (χ3n) is 3.87. The predicted molar refractivity (Wildman–Crippen MR) is 92.5 cm³/mol. The van der Waals surface area contributed by atoms with E-state index in [9.17, 15) is 4.79 Å². The number of hydrogen-bond donors (Lipinski definition) is 0. The molecule has 0 aromatic heterocycles. The number of piperazine rings is 1. The van der Waals surface area contributed by atoms with E-state index in [-0.39, 0.29) is 12.0 Å². The first kappa shape index (κ1) is 17.3. The molecule has 1 aromatic carbocycles. The molecule has 4 nitrogen and oxygen atoms in total. The molecule has 5 heteroatoms. The van der Waals surface area contributed by atoms with Crippen molar-refractivity contribution in [2.75, 3.05) is 26.2 Å². The summed E-state index contributed by atoms with van der Waals surface area (Å²) >= 11 is 3.49. The normalized spacial score (nSPS) is 16.4. The number of rotatable bonds is 4. The largest absolute Gasteiger partial charge is 0.491 e. The lowest BCUT2D eigenvalue weighted by Gasteiger charge is -2.37. The molecular formula is C17H25BrN2O2. The summed E-state index contributed by atoms with van der Waals surface area (Å²) in [5, 5.41) is 0. The minimum atomic E-state index is 0.0736. The molecule has 122 valence electrons. The van der Waals surface area contributed by atoms with E-state index in [2.05, 4.69) is 34.7 Å². The van der Waals surface area contributed by atoms with E-state index in [1.165, 1.54) is 0 Å². The molecule has 0 radical (unpaired) electrons. The van der Waals surface area contributed by atoms with Crippen molar-refractivity contribution in [3.63, 3.8) is 0 Å². The summed E-state index contributed by atoms with van der Waals surface area (Å²) in [6.07, 6.45) is 0.0960. The van der Waals surface area contributed by atoms with E-state index >= 15 is 0 Å². The molecule has 1 aliphatic rings. The van der Waals surface area contributed by atoms with Crippen LogP contribution in [0.3, 0.4) is 0 Å². The van der Waals surface area contributed by atoms with Gasteiger partial charge in [-0.3, -0.25) is 9.69 Å². The number of hydrogen-bond acceptors (Lipinski definition) is 3. The van der Waals surface area contributed by atoms with E-state index < -0.39 is 0 Å². The second kappa shape index (κ2) is 7.47. The average molecular weight is 369 g/mol. The van der Waals surface area contributed by atoms with Gasteiger partial charge >= 0.3 is 0 Å². The first-order chi connectivity index (χ1) is 10.4. The molecule has 0 aliphatic carbocycles. The summed E-state index contributed by atoms with van der Waals surface area (Å²) in [5.41, 5.74) is 0.677. The lowest BCUT2D eigenvalue weighted by atomic mass is 10.1. The van der Waals surface area contributed by atoms with Crippen molar-refractivity contribution in [1.29, 1.82) is 0 Å². The quantitative estimate of drug-likeness (QED) is 0.816. The van der Waals surface area contributed by atoms with Crippen molar-refractivity contribution in [2.45, 2.75) is 39.8 Å². The highest BCUT2D eigenvalue weighted by Crippen LogP contribution is 2.25. The van der Waals surface area contributed by atoms with Crippen molar-refractivity contribution in [3.8, 4) is 5.75 Å². The number of carbonyl (C=O) groups excluding carboxylic acids is 1. The summed E-state index contributed by atoms with van der Waals surface area (Å²) in [6, 6.07) is 6.14. The molecule has 22 heavy (non-hydrogen) atoms. The van der Waals surface area contributed by atoms with Crippen LogP contribution in [0.25, 0.3) is 0 Å². The van der Waals surface area contributed by atoms with Gasteiger partial charge in [0.25, 0.3) is 5.91 Å². The highest BCUT2D eigenvalue weighted by Gasteiger charge is 2.24. The molecule has 1 saturated heterocycles. The fourth-order valence-electron chi connectivity index (χ4n) is 2.63. The summed E-state index contributed by atoms with van der Waals surface area (Å²) in [7, 11) is 0. The Kier molecular flexibility index (Phi) is 5.87. The second-order valence-corrected chi connectivity index (χ2v) is 7.08. The number of benzene rings is 1. The van der Waals surface area contributed by atoms with Gasteiger partial charge in [-0.05, 0) is 61.8 Å². The molecule has 1 amide bonds. The van der Waals surface area contributed by atoms with Gasteiger partial charge < -0.3 is 9.64 Å². The van der Waals surface area contributed by atoms with Crippen LogP contribution in [0.2, 0.25) is 0 Å². The van der Waals surface area contributed by atoms with Crippen LogP contribution in [0.1, 0.15) is 38.1 Å². The molecular weight excluding hydrogens is 344 g/mol. The molecule has 0 spiro atoms. The first-order valence-electron chi connectivity index (χ1n) is 7.88. The van der Waals surface area contributed by atoms with E-state index in [1.54, 1.807) is 0 Å². The van der Waals surface area contributed by atoms with E-state index in [1.807, 2.05) is 36.9 Å². The van der Waals surface area contributed by atoms with Gasteiger partial charge in [-0.2, -0.15) is 0 Å². The highest BCUT2D eigenvalue weighted by molar-refractivity contribution is 9.10. The Morgan fingerprint density at radius 3 is 2.32 bits per heavy atom. The van der Waals surface area contributed by atoms with Crippen molar-refractivity contribution >= 4 is 21.8 Å². The Bertz CT molecular complexity index is 523. The number of amides is 1. The molecule has 1 heterocycles. The van der Waals surface area contributed by atoms with Gasteiger partial charge in [0, 0.05) is 36.7 Å². The van der Waals surface area contributed by atoms with Crippen molar-refractivity contribution in [3.05, 3.63) is 28.2 Å². The van der Waals surface area contributed by atoms with Crippen LogP contribution in [0, 0.1) is 0 Å². The van der Waals surface area contributed by atoms with Crippen LogP contribution in [0.15, 0.2) is 22.7 Å². The Morgan fingerprint density at radius 2 is 1.77 bits per heavy atom. The zero-order valence-corrected chi connectivity index (χ0v) is 15.4. The number of halogens is 1. The average Bonchev–Trinajstić information content (AvgIpc) is 2.48. The zero-order chi connectivity index (χ0) is 16.3. The molecule has 0 atom stereocenters. The minimum Gasteiger partial charge on any atom is -0.491 e. The first-order valence-corrected chi connectivity index (χ1v) is 8.67. The maximum absolute atomic E-state index is 12.8. The van der Waals surface area contributed by atoms with Gasteiger partial charge in [0.05, 0.1) is 11.7 Å². The molecule has 0 unspecified atom stereocenters. The standard InChI is InChI=1S/C17H25BrN2O2/c1-12(2)19-7-9-20(10-8-19)17(21)15-11-14(22-13(3)4)5-6-16(15)18/h5-6,11-13H,7-10H2,1-4H3. The molecule has 1 aliphatic heterocycles. The van der Waals surface area contributed by atoms with Crippen LogP contribution in [0.4, 0.5) is 0 Å². The minimum absolute atomic E-state index is 0.0736. The van der Waals surface area contributed by atoms with Crippen molar-refractivity contribution < 1.29 is 9.53 Å². The van der Waals surface area contributed by atoms with E-state index in [0.29, 0.717) is 11.6 Å². The van der Waals surface area contributed by atoms with Crippen molar-refractivity contribution in [1.82, 2.24) is 9.80 Å². The Hall–Kier alpha value is -1.07. The topological polar surface area (TPSA) is 32.8 Å². The van der Waals surface area contributed by atoms with Crippen LogP contribution in [-0.2, 0) is 0 Å². The molecule has 1 fully saturated rings. The third kappa shape index (κ3) is 4.23. The van der Waals surface area contributed by atoms with Crippen LogP contribution in [-0.4, -0.2) is 54.0 Å². The number of carbonyl (C=O) groups is 1. The van der Waals surface area contributed by atoms with Gasteiger partial charge in [0.15, 0.2) is 0 Å².